The molecule has 2 rings (SSSR count). The lowest BCUT2D eigenvalue weighted by Gasteiger charge is -2.14. The van der Waals surface area contributed by atoms with Gasteiger partial charge in [0.25, 0.3) is 5.92 Å². The number of halogens is 2. The highest BCUT2D eigenvalue weighted by atomic mass is 19.3. The van der Waals surface area contributed by atoms with Crippen LogP contribution in [0.25, 0.3) is 0 Å². The fraction of sp³-hybridized carbons (Fsp3) is 0.350. The van der Waals surface area contributed by atoms with E-state index in [0.717, 1.165) is 41.4 Å². The molecule has 2 aromatic rings. The molecule has 0 radical (unpaired) electrons. The summed E-state index contributed by atoms with van der Waals surface area (Å²) in [7, 11) is 0. The molecule has 0 aliphatic rings. The molecule has 0 aromatic heterocycles. The minimum absolute atomic E-state index is 0.0587. The van der Waals surface area contributed by atoms with Crippen molar-refractivity contribution >= 4 is 12.0 Å². The molecule has 0 spiro atoms. The van der Waals surface area contributed by atoms with Crippen molar-refractivity contribution in [2.24, 2.45) is 4.99 Å². The fourth-order valence-electron chi connectivity index (χ4n) is 2.60. The number of benzene rings is 2. The number of nitrogens with one attached hydrogen (secondary N) is 1. The number of alkyl halides is 2. The van der Waals surface area contributed by atoms with Crippen LogP contribution in [0.1, 0.15) is 41.7 Å². The first-order valence-corrected chi connectivity index (χ1v) is 8.13. The van der Waals surface area contributed by atoms with E-state index in [0.29, 0.717) is 6.42 Å². The summed E-state index contributed by atoms with van der Waals surface area (Å²) in [5.74, 6) is -2.81. The van der Waals surface area contributed by atoms with Crippen molar-refractivity contribution in [1.29, 1.82) is 0 Å². The Hall–Kier alpha value is -2.23. The van der Waals surface area contributed by atoms with Crippen molar-refractivity contribution in [2.75, 3.05) is 11.9 Å². The summed E-state index contributed by atoms with van der Waals surface area (Å²) in [6.45, 7) is 7.71. The highest BCUT2D eigenvalue weighted by Crippen LogP contribution is 2.29. The molecule has 0 heterocycles. The summed E-state index contributed by atoms with van der Waals surface area (Å²) in [4.78, 5) is 4.15. The molecule has 0 aliphatic carbocycles. The van der Waals surface area contributed by atoms with Gasteiger partial charge in [-0.15, -0.1) is 0 Å². The molecule has 0 amide bonds. The van der Waals surface area contributed by atoms with Crippen LogP contribution in [-0.4, -0.2) is 12.9 Å². The van der Waals surface area contributed by atoms with E-state index in [1.807, 2.05) is 26.8 Å². The van der Waals surface area contributed by atoms with E-state index in [1.54, 1.807) is 18.5 Å². The first kappa shape index (κ1) is 18.1. The normalized spacial score (nSPS) is 11.9. The molecule has 4 heteroatoms. The zero-order valence-corrected chi connectivity index (χ0v) is 14.7. The van der Waals surface area contributed by atoms with Crippen LogP contribution in [0.3, 0.4) is 0 Å². The number of nitrogens with zero attached hydrogens (tertiary/aromatic N) is 1. The quantitative estimate of drug-likeness (QED) is 0.551. The van der Waals surface area contributed by atoms with E-state index in [2.05, 4.69) is 22.4 Å². The summed E-state index contributed by atoms with van der Waals surface area (Å²) >= 11 is 0. The first-order chi connectivity index (χ1) is 11.3. The molecular formula is C20H24F2N2. The van der Waals surface area contributed by atoms with E-state index in [1.165, 1.54) is 6.07 Å². The fourth-order valence-corrected chi connectivity index (χ4v) is 2.60. The van der Waals surface area contributed by atoms with Crippen LogP contribution in [-0.2, 0) is 12.3 Å². The topological polar surface area (TPSA) is 24.4 Å². The third kappa shape index (κ3) is 4.63. The third-order valence-electron chi connectivity index (χ3n) is 4.01. The molecule has 0 unspecified atom stereocenters. The van der Waals surface area contributed by atoms with Crippen molar-refractivity contribution in [3.05, 3.63) is 64.2 Å². The second-order valence-corrected chi connectivity index (χ2v) is 6.13. The van der Waals surface area contributed by atoms with Crippen LogP contribution >= 0.6 is 0 Å². The highest BCUT2D eigenvalue weighted by molar-refractivity contribution is 5.77. The van der Waals surface area contributed by atoms with Crippen molar-refractivity contribution in [1.82, 2.24) is 0 Å². The first-order valence-electron chi connectivity index (χ1n) is 8.13. The Morgan fingerprint density at radius 3 is 2.54 bits per heavy atom. The second kappa shape index (κ2) is 7.56. The van der Waals surface area contributed by atoms with Crippen molar-refractivity contribution in [3.63, 3.8) is 0 Å². The number of rotatable bonds is 6. The average Bonchev–Trinajstić information content (AvgIpc) is 2.51. The Balaban J connectivity index is 2.24. The summed E-state index contributed by atoms with van der Waals surface area (Å²) in [5.41, 5.74) is 5.34. The molecule has 0 aliphatic heterocycles. The Morgan fingerprint density at radius 1 is 1.12 bits per heavy atom. The largest absolute Gasteiger partial charge is 0.347 e. The van der Waals surface area contributed by atoms with Gasteiger partial charge in [-0.1, -0.05) is 24.3 Å². The maximum absolute atomic E-state index is 13.5. The standard InChI is InChI=1S/C20H24F2N2/c1-5-23-13-24-19-10-14(2)17(9-15(19)3)11-16-7-6-8-18(12-16)20(4,21)22/h6-10,12-13H,5,11H2,1-4H3,(H,23,24). The molecule has 0 saturated heterocycles. The predicted octanol–water partition coefficient (Wildman–Crippen LogP) is 5.47. The van der Waals surface area contributed by atoms with Gasteiger partial charge in [-0.3, -0.25) is 4.99 Å². The Morgan fingerprint density at radius 2 is 1.88 bits per heavy atom. The molecule has 24 heavy (non-hydrogen) atoms. The van der Waals surface area contributed by atoms with E-state index >= 15 is 0 Å². The van der Waals surface area contributed by atoms with Gasteiger partial charge < -0.3 is 5.32 Å². The smallest absolute Gasteiger partial charge is 0.270 e. The molecule has 2 nitrogen and oxygen atoms in total. The van der Waals surface area contributed by atoms with E-state index in [-0.39, 0.29) is 5.56 Å². The molecule has 0 bridgehead atoms. The maximum atomic E-state index is 13.5. The van der Waals surface area contributed by atoms with Gasteiger partial charge in [0.15, 0.2) is 0 Å². The predicted molar refractivity (Wildman–Crippen MR) is 97.4 cm³/mol. The monoisotopic (exact) mass is 330 g/mol. The van der Waals surface area contributed by atoms with Gasteiger partial charge in [-0.2, -0.15) is 0 Å². The number of hydrogen-bond acceptors (Lipinski definition) is 1. The lowest BCUT2D eigenvalue weighted by molar-refractivity contribution is 0.0174. The van der Waals surface area contributed by atoms with Gasteiger partial charge >= 0.3 is 0 Å². The summed E-state index contributed by atoms with van der Waals surface area (Å²) in [6, 6.07) is 10.8. The molecule has 0 fully saturated rings. The molecule has 1 N–H and O–H groups in total. The van der Waals surface area contributed by atoms with Crippen LogP contribution in [0.2, 0.25) is 0 Å². The van der Waals surface area contributed by atoms with Gasteiger partial charge in [-0.05, 0) is 61.6 Å². The van der Waals surface area contributed by atoms with Crippen LogP contribution < -0.4 is 5.32 Å². The van der Waals surface area contributed by atoms with Gasteiger partial charge in [0.2, 0.25) is 0 Å². The second-order valence-electron chi connectivity index (χ2n) is 6.13. The van der Waals surface area contributed by atoms with Crippen LogP contribution in [0.4, 0.5) is 14.5 Å². The number of hydrogen-bond donors (Lipinski definition) is 1. The molecular weight excluding hydrogens is 306 g/mol. The Labute approximate surface area is 142 Å². The zero-order chi connectivity index (χ0) is 17.7. The van der Waals surface area contributed by atoms with Gasteiger partial charge in [0, 0.05) is 24.7 Å². The molecule has 0 atom stereocenters. The molecule has 0 saturated carbocycles. The van der Waals surface area contributed by atoms with Gasteiger partial charge in [-0.25, -0.2) is 8.78 Å². The summed E-state index contributed by atoms with van der Waals surface area (Å²) < 4.78 is 27.0. The number of aliphatic imine (C=N–C) groups is 1. The van der Waals surface area contributed by atoms with Gasteiger partial charge in [0.05, 0.1) is 6.34 Å². The van der Waals surface area contributed by atoms with E-state index < -0.39 is 5.92 Å². The number of anilines is 1. The minimum Gasteiger partial charge on any atom is -0.347 e. The Kier molecular flexibility index (Phi) is 5.71. The van der Waals surface area contributed by atoms with Gasteiger partial charge in [0.1, 0.15) is 0 Å². The van der Waals surface area contributed by atoms with E-state index in [4.69, 9.17) is 0 Å². The van der Waals surface area contributed by atoms with Crippen LogP contribution in [0.15, 0.2) is 41.4 Å². The highest BCUT2D eigenvalue weighted by Gasteiger charge is 2.24. The average molecular weight is 330 g/mol. The molecule has 128 valence electrons. The minimum atomic E-state index is -2.81. The lowest BCUT2D eigenvalue weighted by Crippen LogP contribution is -2.07. The molecule has 2 aromatic carbocycles. The van der Waals surface area contributed by atoms with Crippen molar-refractivity contribution in [2.45, 2.75) is 40.0 Å². The van der Waals surface area contributed by atoms with Crippen molar-refractivity contribution < 1.29 is 8.78 Å². The van der Waals surface area contributed by atoms with E-state index in [9.17, 15) is 8.78 Å². The zero-order valence-electron chi connectivity index (χ0n) is 14.7. The van der Waals surface area contributed by atoms with Crippen LogP contribution in [0.5, 0.6) is 0 Å². The van der Waals surface area contributed by atoms with Crippen LogP contribution in [0, 0.1) is 13.8 Å². The summed E-state index contributed by atoms with van der Waals surface area (Å²) in [6.07, 6.45) is 2.34. The third-order valence-corrected chi connectivity index (χ3v) is 4.01. The number of aryl methyl sites for hydroxylation is 2. The SMILES string of the molecule is CCN=CNc1cc(C)c(Cc2cccc(C(C)(F)F)c2)cc1C. The maximum Gasteiger partial charge on any atom is 0.270 e. The Bertz CT molecular complexity index is 731. The summed E-state index contributed by atoms with van der Waals surface area (Å²) in [5, 5.41) is 3.18. The lowest BCUT2D eigenvalue weighted by atomic mass is 9.96. The van der Waals surface area contributed by atoms with Crippen molar-refractivity contribution in [3.8, 4) is 0 Å².